The minimum absolute atomic E-state index is 0.0970. The molecule has 0 aliphatic heterocycles. The van der Waals surface area contributed by atoms with E-state index < -0.39 is 22.8 Å². The Morgan fingerprint density at radius 1 is 1.23 bits per heavy atom. The van der Waals surface area contributed by atoms with Gasteiger partial charge in [-0.2, -0.15) is 5.26 Å². The van der Waals surface area contributed by atoms with Gasteiger partial charge in [0.2, 0.25) is 5.91 Å². The van der Waals surface area contributed by atoms with Gasteiger partial charge in [0, 0.05) is 23.4 Å². The summed E-state index contributed by atoms with van der Waals surface area (Å²) in [5.74, 6) is -1.02. The van der Waals surface area contributed by atoms with Crippen molar-refractivity contribution in [1.82, 2.24) is 5.32 Å². The molecule has 0 bridgehead atoms. The second-order valence-electron chi connectivity index (χ2n) is 5.52. The molecule has 2 aromatic carbocycles. The molecule has 0 heterocycles. The van der Waals surface area contributed by atoms with Gasteiger partial charge in [-0.3, -0.25) is 19.7 Å². The van der Waals surface area contributed by atoms with Crippen molar-refractivity contribution in [1.29, 1.82) is 5.26 Å². The monoisotopic (exact) mass is 352 g/mol. The SMILES string of the molecule is CC(NC(=O)c1cccc([N+](=O)[O-])c1)C(=O)Nc1ccc(CC#N)cc1. The Balaban J connectivity index is 1.98. The summed E-state index contributed by atoms with van der Waals surface area (Å²) in [6.07, 6.45) is 0.282. The molecule has 0 spiro atoms. The maximum atomic E-state index is 12.2. The maximum Gasteiger partial charge on any atom is 0.270 e. The van der Waals surface area contributed by atoms with Crippen LogP contribution in [0.25, 0.3) is 0 Å². The molecule has 0 aliphatic rings. The predicted octanol–water partition coefficient (Wildman–Crippen LogP) is 2.42. The van der Waals surface area contributed by atoms with Crippen molar-refractivity contribution in [3.8, 4) is 6.07 Å². The number of nitrogens with zero attached hydrogens (tertiary/aromatic N) is 2. The number of anilines is 1. The second-order valence-corrected chi connectivity index (χ2v) is 5.52. The third kappa shape index (κ3) is 4.88. The van der Waals surface area contributed by atoms with Gasteiger partial charge in [-0.25, -0.2) is 0 Å². The molecule has 2 aromatic rings. The van der Waals surface area contributed by atoms with Crippen LogP contribution in [0.1, 0.15) is 22.8 Å². The van der Waals surface area contributed by atoms with Gasteiger partial charge in [0.25, 0.3) is 11.6 Å². The van der Waals surface area contributed by atoms with Crippen molar-refractivity contribution in [2.45, 2.75) is 19.4 Å². The summed E-state index contributed by atoms with van der Waals surface area (Å²) >= 11 is 0. The normalized spacial score (nSPS) is 11.1. The van der Waals surface area contributed by atoms with Crippen LogP contribution in [0.5, 0.6) is 0 Å². The van der Waals surface area contributed by atoms with Crippen LogP contribution >= 0.6 is 0 Å². The van der Waals surface area contributed by atoms with E-state index in [0.29, 0.717) is 5.69 Å². The maximum absolute atomic E-state index is 12.2. The summed E-state index contributed by atoms with van der Waals surface area (Å²) in [6, 6.07) is 13.2. The number of non-ortho nitro benzene ring substituents is 1. The van der Waals surface area contributed by atoms with Crippen LogP contribution in [0, 0.1) is 21.4 Å². The minimum atomic E-state index is -0.847. The quantitative estimate of drug-likeness (QED) is 0.610. The molecule has 0 fully saturated rings. The number of nitro benzene ring substituents is 1. The molecule has 0 radical (unpaired) electrons. The van der Waals surface area contributed by atoms with Crippen LogP contribution in [0.2, 0.25) is 0 Å². The van der Waals surface area contributed by atoms with Gasteiger partial charge in [-0.05, 0) is 30.7 Å². The fourth-order valence-corrected chi connectivity index (χ4v) is 2.15. The minimum Gasteiger partial charge on any atom is -0.341 e. The lowest BCUT2D eigenvalue weighted by Gasteiger charge is -2.14. The topological polar surface area (TPSA) is 125 Å². The lowest BCUT2D eigenvalue weighted by atomic mass is 10.1. The summed E-state index contributed by atoms with van der Waals surface area (Å²) in [5.41, 5.74) is 1.26. The summed E-state index contributed by atoms with van der Waals surface area (Å²) in [4.78, 5) is 34.5. The number of hydrogen-bond donors (Lipinski definition) is 2. The molecule has 2 amide bonds. The Bertz CT molecular complexity index is 872. The molecular formula is C18H16N4O4. The third-order valence-corrected chi connectivity index (χ3v) is 3.56. The van der Waals surface area contributed by atoms with E-state index in [1.165, 1.54) is 25.1 Å². The van der Waals surface area contributed by atoms with Crippen LogP contribution in [0.15, 0.2) is 48.5 Å². The number of carbonyl (C=O) groups is 2. The molecule has 132 valence electrons. The summed E-state index contributed by atoms with van der Waals surface area (Å²) < 4.78 is 0. The average Bonchev–Trinajstić information content (AvgIpc) is 2.63. The number of carbonyl (C=O) groups excluding carboxylic acids is 2. The lowest BCUT2D eigenvalue weighted by Crippen LogP contribution is -2.41. The van der Waals surface area contributed by atoms with Gasteiger partial charge < -0.3 is 10.6 Å². The van der Waals surface area contributed by atoms with Gasteiger partial charge in [-0.15, -0.1) is 0 Å². The summed E-state index contributed by atoms with van der Waals surface area (Å²) in [5, 5.41) is 24.6. The number of nitrogens with one attached hydrogen (secondary N) is 2. The largest absolute Gasteiger partial charge is 0.341 e. The van der Waals surface area contributed by atoms with E-state index in [9.17, 15) is 19.7 Å². The van der Waals surface area contributed by atoms with Crippen LogP contribution in [0.3, 0.4) is 0 Å². The van der Waals surface area contributed by atoms with Crippen molar-refractivity contribution in [2.24, 2.45) is 0 Å². The van der Waals surface area contributed by atoms with Crippen LogP contribution in [0.4, 0.5) is 11.4 Å². The first-order chi connectivity index (χ1) is 12.4. The van der Waals surface area contributed by atoms with Gasteiger partial charge in [0.15, 0.2) is 0 Å². The first kappa shape index (κ1) is 18.6. The van der Waals surface area contributed by atoms with Gasteiger partial charge in [-0.1, -0.05) is 18.2 Å². The van der Waals surface area contributed by atoms with Crippen molar-refractivity contribution < 1.29 is 14.5 Å². The van der Waals surface area contributed by atoms with Crippen molar-refractivity contribution in [3.05, 3.63) is 69.8 Å². The molecule has 2 rings (SSSR count). The highest BCUT2D eigenvalue weighted by molar-refractivity contribution is 6.01. The van der Waals surface area contributed by atoms with E-state index in [-0.39, 0.29) is 17.7 Å². The van der Waals surface area contributed by atoms with Gasteiger partial charge in [0.1, 0.15) is 6.04 Å². The van der Waals surface area contributed by atoms with Gasteiger partial charge >= 0.3 is 0 Å². The van der Waals surface area contributed by atoms with Crippen LogP contribution in [-0.4, -0.2) is 22.8 Å². The molecule has 1 atom stereocenters. The van der Waals surface area contributed by atoms with Crippen molar-refractivity contribution in [2.75, 3.05) is 5.32 Å². The molecule has 0 saturated heterocycles. The van der Waals surface area contributed by atoms with E-state index in [4.69, 9.17) is 5.26 Å². The number of nitriles is 1. The zero-order valence-electron chi connectivity index (χ0n) is 13.9. The van der Waals surface area contributed by atoms with Crippen LogP contribution in [-0.2, 0) is 11.2 Å². The highest BCUT2D eigenvalue weighted by Crippen LogP contribution is 2.13. The Morgan fingerprint density at radius 2 is 1.92 bits per heavy atom. The lowest BCUT2D eigenvalue weighted by molar-refractivity contribution is -0.384. The number of amides is 2. The predicted molar refractivity (Wildman–Crippen MR) is 94.4 cm³/mol. The van der Waals surface area contributed by atoms with Crippen molar-refractivity contribution >= 4 is 23.2 Å². The number of rotatable bonds is 6. The molecule has 0 saturated carbocycles. The molecule has 8 nitrogen and oxygen atoms in total. The standard InChI is InChI=1S/C18H16N4O4/c1-12(17(23)21-15-7-5-13(6-8-15)9-10-19)20-18(24)14-3-2-4-16(11-14)22(25)26/h2-8,11-12H,9H2,1H3,(H,20,24)(H,21,23). The first-order valence-corrected chi connectivity index (χ1v) is 7.73. The highest BCUT2D eigenvalue weighted by Gasteiger charge is 2.18. The zero-order valence-corrected chi connectivity index (χ0v) is 13.9. The van der Waals surface area contributed by atoms with E-state index in [2.05, 4.69) is 10.6 Å². The number of hydrogen-bond acceptors (Lipinski definition) is 5. The molecule has 26 heavy (non-hydrogen) atoms. The van der Waals surface area contributed by atoms with E-state index in [1.807, 2.05) is 6.07 Å². The summed E-state index contributed by atoms with van der Waals surface area (Å²) in [7, 11) is 0. The number of nitro groups is 1. The molecule has 8 heteroatoms. The number of benzene rings is 2. The third-order valence-electron chi connectivity index (χ3n) is 3.56. The molecule has 0 aliphatic carbocycles. The van der Waals surface area contributed by atoms with E-state index >= 15 is 0 Å². The highest BCUT2D eigenvalue weighted by atomic mass is 16.6. The molecule has 2 N–H and O–H groups in total. The zero-order chi connectivity index (χ0) is 19.1. The Hall–Kier alpha value is -3.73. The van der Waals surface area contributed by atoms with Gasteiger partial charge in [0.05, 0.1) is 17.4 Å². The molecular weight excluding hydrogens is 336 g/mol. The second kappa shape index (κ2) is 8.39. The smallest absolute Gasteiger partial charge is 0.270 e. The fraction of sp³-hybridized carbons (Fsp3) is 0.167. The van der Waals surface area contributed by atoms with E-state index in [1.54, 1.807) is 24.3 Å². The Morgan fingerprint density at radius 3 is 2.54 bits per heavy atom. The van der Waals surface area contributed by atoms with Crippen molar-refractivity contribution in [3.63, 3.8) is 0 Å². The fourth-order valence-electron chi connectivity index (χ4n) is 2.15. The average molecular weight is 352 g/mol. The molecule has 0 aromatic heterocycles. The first-order valence-electron chi connectivity index (χ1n) is 7.73. The van der Waals surface area contributed by atoms with E-state index in [0.717, 1.165) is 11.6 Å². The molecule has 1 unspecified atom stereocenters. The van der Waals surface area contributed by atoms with Crippen LogP contribution < -0.4 is 10.6 Å². The summed E-state index contributed by atoms with van der Waals surface area (Å²) in [6.45, 7) is 1.51. The Labute approximate surface area is 149 Å². The Kier molecular flexibility index (Phi) is 6.01.